The molecule has 0 saturated carbocycles. The van der Waals surface area contributed by atoms with E-state index in [0.717, 1.165) is 0 Å². The molecular formula is C6H6Cl2N2. The maximum atomic E-state index is 5.72. The monoisotopic (exact) mass is 176 g/mol. The van der Waals surface area contributed by atoms with E-state index >= 15 is 0 Å². The maximum absolute atomic E-state index is 5.72. The van der Waals surface area contributed by atoms with Crippen molar-refractivity contribution < 1.29 is 0 Å². The predicted molar refractivity (Wildman–Crippen MR) is 43.8 cm³/mol. The third kappa shape index (κ3) is 1.52. The zero-order valence-corrected chi connectivity index (χ0v) is 6.87. The van der Waals surface area contributed by atoms with Gasteiger partial charge in [0, 0.05) is 13.2 Å². The fourth-order valence-corrected chi connectivity index (χ4v) is 1.07. The SMILES string of the molecule is CNc1ncc(Cl)cc1Cl. The molecule has 0 radical (unpaired) electrons. The Hall–Kier alpha value is -0.470. The fraction of sp³-hybridized carbons (Fsp3) is 0.167. The molecule has 0 spiro atoms. The highest BCUT2D eigenvalue weighted by Gasteiger charge is 1.98. The van der Waals surface area contributed by atoms with Crippen LogP contribution >= 0.6 is 23.2 Å². The van der Waals surface area contributed by atoms with Gasteiger partial charge in [-0.1, -0.05) is 23.2 Å². The van der Waals surface area contributed by atoms with Crippen LogP contribution in [0.1, 0.15) is 0 Å². The Morgan fingerprint density at radius 3 is 2.70 bits per heavy atom. The van der Waals surface area contributed by atoms with Crippen LogP contribution in [0.5, 0.6) is 0 Å². The standard InChI is InChI=1S/C6H6Cl2N2/c1-9-6-5(8)2-4(7)3-10-6/h2-3H,1H3,(H,9,10). The van der Waals surface area contributed by atoms with Crippen LogP contribution < -0.4 is 5.32 Å². The van der Waals surface area contributed by atoms with Gasteiger partial charge in [0.25, 0.3) is 0 Å². The number of halogens is 2. The van der Waals surface area contributed by atoms with Crippen LogP contribution in [0.15, 0.2) is 12.3 Å². The summed E-state index contributed by atoms with van der Waals surface area (Å²) < 4.78 is 0. The topological polar surface area (TPSA) is 24.9 Å². The second kappa shape index (κ2) is 3.08. The number of pyridine rings is 1. The molecule has 0 aliphatic heterocycles. The molecule has 0 aliphatic carbocycles. The number of nitrogens with one attached hydrogen (secondary N) is 1. The lowest BCUT2D eigenvalue weighted by atomic mass is 10.4. The summed E-state index contributed by atoms with van der Waals surface area (Å²) in [5.41, 5.74) is 0. The van der Waals surface area contributed by atoms with E-state index < -0.39 is 0 Å². The van der Waals surface area contributed by atoms with Gasteiger partial charge < -0.3 is 5.32 Å². The Morgan fingerprint density at radius 1 is 1.50 bits per heavy atom. The van der Waals surface area contributed by atoms with Gasteiger partial charge >= 0.3 is 0 Å². The fourth-order valence-electron chi connectivity index (χ4n) is 0.599. The quantitative estimate of drug-likeness (QED) is 0.712. The van der Waals surface area contributed by atoms with Crippen LogP contribution in [0.2, 0.25) is 10.0 Å². The van der Waals surface area contributed by atoms with E-state index in [0.29, 0.717) is 15.9 Å². The molecule has 1 N–H and O–H groups in total. The summed E-state index contributed by atoms with van der Waals surface area (Å²) in [5.74, 6) is 0.645. The highest BCUT2D eigenvalue weighted by Crippen LogP contribution is 2.21. The molecule has 0 aromatic carbocycles. The number of aromatic nitrogens is 1. The van der Waals surface area contributed by atoms with Crippen molar-refractivity contribution in [1.29, 1.82) is 0 Å². The van der Waals surface area contributed by atoms with E-state index in [-0.39, 0.29) is 0 Å². The van der Waals surface area contributed by atoms with Crippen molar-refractivity contribution in [1.82, 2.24) is 4.98 Å². The van der Waals surface area contributed by atoms with Gasteiger partial charge in [0.05, 0.1) is 10.0 Å². The number of rotatable bonds is 1. The van der Waals surface area contributed by atoms with Crippen LogP contribution in [0.4, 0.5) is 5.82 Å². The smallest absolute Gasteiger partial charge is 0.144 e. The zero-order chi connectivity index (χ0) is 7.56. The first kappa shape index (κ1) is 7.63. The molecule has 10 heavy (non-hydrogen) atoms. The first-order chi connectivity index (χ1) is 4.74. The summed E-state index contributed by atoms with van der Waals surface area (Å²) in [6.07, 6.45) is 1.54. The van der Waals surface area contributed by atoms with E-state index in [1.807, 2.05) is 0 Å². The van der Waals surface area contributed by atoms with Gasteiger partial charge in [0.2, 0.25) is 0 Å². The van der Waals surface area contributed by atoms with Crippen molar-refractivity contribution in [2.24, 2.45) is 0 Å². The molecule has 0 atom stereocenters. The summed E-state index contributed by atoms with van der Waals surface area (Å²) in [6.45, 7) is 0. The first-order valence-electron chi connectivity index (χ1n) is 2.73. The van der Waals surface area contributed by atoms with Gasteiger partial charge in [0.15, 0.2) is 0 Å². The molecule has 1 heterocycles. The molecule has 0 bridgehead atoms. The Labute approximate surface area is 69.2 Å². The molecule has 2 nitrogen and oxygen atoms in total. The predicted octanol–water partition coefficient (Wildman–Crippen LogP) is 2.43. The van der Waals surface area contributed by atoms with Gasteiger partial charge in [-0.3, -0.25) is 0 Å². The van der Waals surface area contributed by atoms with Gasteiger partial charge in [-0.2, -0.15) is 0 Å². The van der Waals surface area contributed by atoms with Crippen molar-refractivity contribution in [3.63, 3.8) is 0 Å². The molecule has 1 rings (SSSR count). The number of hydrogen-bond acceptors (Lipinski definition) is 2. The zero-order valence-electron chi connectivity index (χ0n) is 5.36. The van der Waals surface area contributed by atoms with Crippen LogP contribution in [-0.4, -0.2) is 12.0 Å². The molecule has 4 heteroatoms. The summed E-state index contributed by atoms with van der Waals surface area (Å²) in [6, 6.07) is 1.64. The highest BCUT2D eigenvalue weighted by molar-refractivity contribution is 6.35. The summed E-state index contributed by atoms with van der Waals surface area (Å²) in [4.78, 5) is 3.92. The van der Waals surface area contributed by atoms with E-state index in [2.05, 4.69) is 10.3 Å². The Balaban J connectivity index is 3.07. The van der Waals surface area contributed by atoms with Gasteiger partial charge in [-0.25, -0.2) is 4.98 Å². The van der Waals surface area contributed by atoms with Crippen LogP contribution in [-0.2, 0) is 0 Å². The molecule has 0 saturated heterocycles. The maximum Gasteiger partial charge on any atom is 0.144 e. The van der Waals surface area contributed by atoms with Crippen molar-refractivity contribution in [3.8, 4) is 0 Å². The minimum absolute atomic E-state index is 0.537. The minimum atomic E-state index is 0.537. The second-order valence-corrected chi connectivity index (χ2v) is 2.58. The molecule has 0 fully saturated rings. The van der Waals surface area contributed by atoms with E-state index in [1.165, 1.54) is 0 Å². The van der Waals surface area contributed by atoms with E-state index in [4.69, 9.17) is 23.2 Å². The average Bonchev–Trinajstić information content (AvgIpc) is 1.88. The highest BCUT2D eigenvalue weighted by atomic mass is 35.5. The lowest BCUT2D eigenvalue weighted by Gasteiger charge is -2.00. The largest absolute Gasteiger partial charge is 0.372 e. The number of hydrogen-bond donors (Lipinski definition) is 1. The third-order valence-electron chi connectivity index (χ3n) is 1.04. The molecule has 54 valence electrons. The number of anilines is 1. The van der Waals surface area contributed by atoms with Crippen LogP contribution in [0, 0.1) is 0 Å². The first-order valence-corrected chi connectivity index (χ1v) is 3.48. The van der Waals surface area contributed by atoms with Crippen LogP contribution in [0.3, 0.4) is 0 Å². The molecule has 0 unspecified atom stereocenters. The normalized spacial score (nSPS) is 9.50. The van der Waals surface area contributed by atoms with Crippen molar-refractivity contribution in [2.75, 3.05) is 12.4 Å². The summed E-state index contributed by atoms with van der Waals surface area (Å²) in [7, 11) is 1.75. The van der Waals surface area contributed by atoms with Crippen molar-refractivity contribution >= 4 is 29.0 Å². The average molecular weight is 177 g/mol. The van der Waals surface area contributed by atoms with Gasteiger partial charge in [0.1, 0.15) is 5.82 Å². The Bertz CT molecular complexity index is 237. The van der Waals surface area contributed by atoms with E-state index in [9.17, 15) is 0 Å². The van der Waals surface area contributed by atoms with Crippen molar-refractivity contribution in [2.45, 2.75) is 0 Å². The Morgan fingerprint density at radius 2 is 2.20 bits per heavy atom. The van der Waals surface area contributed by atoms with Gasteiger partial charge in [-0.15, -0.1) is 0 Å². The summed E-state index contributed by atoms with van der Waals surface area (Å²) >= 11 is 11.3. The Kier molecular flexibility index (Phi) is 2.35. The van der Waals surface area contributed by atoms with Gasteiger partial charge in [-0.05, 0) is 6.07 Å². The molecule has 0 amide bonds. The molecule has 1 aromatic rings. The van der Waals surface area contributed by atoms with Crippen molar-refractivity contribution in [3.05, 3.63) is 22.3 Å². The van der Waals surface area contributed by atoms with Crippen LogP contribution in [0.25, 0.3) is 0 Å². The molecular weight excluding hydrogens is 171 g/mol. The number of nitrogens with zero attached hydrogens (tertiary/aromatic N) is 1. The lowest BCUT2D eigenvalue weighted by molar-refractivity contribution is 1.29. The second-order valence-electron chi connectivity index (χ2n) is 1.73. The minimum Gasteiger partial charge on any atom is -0.372 e. The molecule has 0 aliphatic rings. The molecule has 1 aromatic heterocycles. The lowest BCUT2D eigenvalue weighted by Crippen LogP contribution is -1.91. The summed E-state index contributed by atoms with van der Waals surface area (Å²) in [5, 5.41) is 3.90. The third-order valence-corrected chi connectivity index (χ3v) is 1.54. The van der Waals surface area contributed by atoms with E-state index in [1.54, 1.807) is 19.3 Å².